The number of aromatic nitrogens is 3. The van der Waals surface area contributed by atoms with E-state index in [1.54, 1.807) is 4.52 Å². The van der Waals surface area contributed by atoms with Crippen LogP contribution in [0.2, 0.25) is 5.02 Å². The first-order chi connectivity index (χ1) is 14.7. The lowest BCUT2D eigenvalue weighted by atomic mass is 10.0. The first-order valence-corrected chi connectivity index (χ1v) is 11.1. The normalized spacial score (nSPS) is 16.2. The van der Waals surface area contributed by atoms with Gasteiger partial charge in [0, 0.05) is 24.5 Å². The van der Waals surface area contributed by atoms with Gasteiger partial charge in [0.1, 0.15) is 0 Å². The van der Waals surface area contributed by atoms with Crippen LogP contribution in [0.5, 0.6) is 5.88 Å². The Hall–Kier alpha value is -2.45. The third-order valence-corrected chi connectivity index (χ3v) is 6.62. The van der Waals surface area contributed by atoms with Gasteiger partial charge in [-0.1, -0.05) is 65.4 Å². The Balaban J connectivity index is 1.52. The molecule has 4 aromatic rings. The Labute approximate surface area is 183 Å². The van der Waals surface area contributed by atoms with Crippen LogP contribution in [0.1, 0.15) is 27.9 Å². The van der Waals surface area contributed by atoms with Gasteiger partial charge in [-0.15, -0.1) is 5.10 Å². The van der Waals surface area contributed by atoms with E-state index in [0.717, 1.165) is 29.1 Å². The minimum Gasteiger partial charge on any atom is -0.492 e. The lowest BCUT2D eigenvalue weighted by Gasteiger charge is -2.34. The van der Waals surface area contributed by atoms with Crippen LogP contribution >= 0.6 is 22.9 Å². The molecule has 3 heterocycles. The van der Waals surface area contributed by atoms with Crippen molar-refractivity contribution < 1.29 is 9.84 Å². The number of hydrogen-bond acceptors (Lipinski definition) is 6. The van der Waals surface area contributed by atoms with Gasteiger partial charge in [-0.25, -0.2) is 4.98 Å². The molecule has 1 aliphatic rings. The molecule has 1 aliphatic heterocycles. The molecule has 0 spiro atoms. The lowest BCUT2D eigenvalue weighted by molar-refractivity contribution is 0.0241. The summed E-state index contributed by atoms with van der Waals surface area (Å²) >= 11 is 7.59. The molecule has 5 rings (SSSR count). The number of fused-ring (bicyclic) bond motifs is 1. The van der Waals surface area contributed by atoms with E-state index in [-0.39, 0.29) is 11.9 Å². The topological polar surface area (TPSA) is 62.9 Å². The van der Waals surface area contributed by atoms with Crippen LogP contribution in [-0.4, -0.2) is 50.9 Å². The van der Waals surface area contributed by atoms with E-state index in [0.29, 0.717) is 35.4 Å². The molecule has 0 radical (unpaired) electrons. The first-order valence-electron chi connectivity index (χ1n) is 9.87. The van der Waals surface area contributed by atoms with Crippen molar-refractivity contribution in [1.29, 1.82) is 0 Å². The SMILES string of the molecule is Oc1c(C(c2ccc(Cl)cc2)N2CCOCC2)sc2nc(Cc3ccccc3)nn12. The standard InChI is InChI=1S/C22H21ClN4O2S/c23-17-8-6-16(7-9-17)19(26-10-12-29-13-11-26)20-21(28)27-22(30-20)24-18(25-27)14-15-4-2-1-3-5-15/h1-9,19,28H,10-14H2. The Kier molecular flexibility index (Phi) is 5.43. The number of rotatable bonds is 5. The molecule has 2 aromatic heterocycles. The molecular weight excluding hydrogens is 420 g/mol. The molecule has 1 saturated heterocycles. The maximum atomic E-state index is 11.1. The molecule has 0 saturated carbocycles. The van der Waals surface area contributed by atoms with Gasteiger partial charge in [-0.3, -0.25) is 4.90 Å². The molecule has 8 heteroatoms. The number of hydrogen-bond donors (Lipinski definition) is 1. The highest BCUT2D eigenvalue weighted by atomic mass is 35.5. The predicted molar refractivity (Wildman–Crippen MR) is 117 cm³/mol. The van der Waals surface area contributed by atoms with Gasteiger partial charge < -0.3 is 9.84 Å². The summed E-state index contributed by atoms with van der Waals surface area (Å²) in [4.78, 5) is 8.52. The van der Waals surface area contributed by atoms with Crippen molar-refractivity contribution in [1.82, 2.24) is 19.5 Å². The van der Waals surface area contributed by atoms with E-state index in [9.17, 15) is 5.11 Å². The fourth-order valence-electron chi connectivity index (χ4n) is 3.83. The summed E-state index contributed by atoms with van der Waals surface area (Å²) in [5, 5.41) is 16.3. The van der Waals surface area contributed by atoms with E-state index >= 15 is 0 Å². The van der Waals surface area contributed by atoms with Gasteiger partial charge in [0.05, 0.1) is 24.1 Å². The van der Waals surface area contributed by atoms with Gasteiger partial charge >= 0.3 is 0 Å². The van der Waals surface area contributed by atoms with Crippen LogP contribution in [0.3, 0.4) is 0 Å². The van der Waals surface area contributed by atoms with Gasteiger partial charge in [0.2, 0.25) is 10.8 Å². The third-order valence-electron chi connectivity index (χ3n) is 5.29. The number of benzene rings is 2. The quantitative estimate of drug-likeness (QED) is 0.504. The molecule has 2 aromatic carbocycles. The Morgan fingerprint density at radius 1 is 1.07 bits per heavy atom. The molecule has 1 fully saturated rings. The van der Waals surface area contributed by atoms with Crippen molar-refractivity contribution in [2.45, 2.75) is 12.5 Å². The molecule has 0 amide bonds. The molecule has 0 bridgehead atoms. The van der Waals surface area contributed by atoms with Crippen molar-refractivity contribution in [2.75, 3.05) is 26.3 Å². The summed E-state index contributed by atoms with van der Waals surface area (Å²) in [5.74, 6) is 0.844. The first kappa shape index (κ1) is 19.5. The molecule has 6 nitrogen and oxygen atoms in total. The fraction of sp³-hybridized carbons (Fsp3) is 0.273. The third kappa shape index (κ3) is 3.81. The van der Waals surface area contributed by atoms with Crippen LogP contribution in [0, 0.1) is 0 Å². The molecular formula is C22H21ClN4O2S. The summed E-state index contributed by atoms with van der Waals surface area (Å²) in [6, 6.07) is 17.8. The number of aromatic hydroxyl groups is 1. The van der Waals surface area contributed by atoms with Crippen LogP contribution < -0.4 is 0 Å². The summed E-state index contributed by atoms with van der Waals surface area (Å²) in [6.07, 6.45) is 0.633. The highest BCUT2D eigenvalue weighted by Gasteiger charge is 2.30. The zero-order valence-electron chi connectivity index (χ0n) is 16.2. The highest BCUT2D eigenvalue weighted by Crippen LogP contribution is 2.40. The van der Waals surface area contributed by atoms with Crippen molar-refractivity contribution >= 4 is 27.9 Å². The lowest BCUT2D eigenvalue weighted by Crippen LogP contribution is -2.39. The summed E-state index contributed by atoms with van der Waals surface area (Å²) < 4.78 is 7.09. The largest absolute Gasteiger partial charge is 0.492 e. The maximum Gasteiger partial charge on any atom is 0.230 e. The Morgan fingerprint density at radius 3 is 2.50 bits per heavy atom. The van der Waals surface area contributed by atoms with E-state index in [1.165, 1.54) is 11.3 Å². The fourth-order valence-corrected chi connectivity index (χ4v) is 5.09. The zero-order chi connectivity index (χ0) is 20.5. The number of nitrogens with zero attached hydrogens (tertiary/aromatic N) is 4. The molecule has 154 valence electrons. The van der Waals surface area contributed by atoms with Crippen molar-refractivity contribution in [3.8, 4) is 5.88 Å². The van der Waals surface area contributed by atoms with E-state index in [2.05, 4.69) is 27.1 Å². The summed E-state index contributed by atoms with van der Waals surface area (Å²) in [5.41, 5.74) is 2.22. The molecule has 0 aliphatic carbocycles. The minimum atomic E-state index is -0.0998. The Bertz CT molecular complexity index is 1140. The molecule has 1 unspecified atom stereocenters. The second-order valence-electron chi connectivity index (χ2n) is 7.28. The van der Waals surface area contributed by atoms with Gasteiger partial charge in [-0.05, 0) is 23.3 Å². The second kappa shape index (κ2) is 8.35. The maximum absolute atomic E-state index is 11.1. The Morgan fingerprint density at radius 2 is 1.80 bits per heavy atom. The van der Waals surface area contributed by atoms with Gasteiger partial charge in [0.25, 0.3) is 0 Å². The monoisotopic (exact) mass is 440 g/mol. The summed E-state index contributed by atoms with van der Waals surface area (Å²) in [6.45, 7) is 2.93. The second-order valence-corrected chi connectivity index (χ2v) is 8.72. The van der Waals surface area contributed by atoms with E-state index in [4.69, 9.17) is 16.3 Å². The summed E-state index contributed by atoms with van der Waals surface area (Å²) in [7, 11) is 0. The van der Waals surface area contributed by atoms with Gasteiger partial charge in [-0.2, -0.15) is 4.52 Å². The van der Waals surface area contributed by atoms with E-state index in [1.807, 2.05) is 42.5 Å². The molecule has 1 atom stereocenters. The van der Waals surface area contributed by atoms with Gasteiger partial charge in [0.15, 0.2) is 5.82 Å². The van der Waals surface area contributed by atoms with Crippen molar-refractivity contribution in [3.05, 3.63) is 81.4 Å². The van der Waals surface area contributed by atoms with Crippen molar-refractivity contribution in [2.24, 2.45) is 0 Å². The predicted octanol–water partition coefficient (Wildman–Crippen LogP) is 4.16. The molecule has 1 N–H and O–H groups in total. The number of ether oxygens (including phenoxy) is 1. The smallest absolute Gasteiger partial charge is 0.230 e. The zero-order valence-corrected chi connectivity index (χ0v) is 17.8. The average Bonchev–Trinajstić information content (AvgIpc) is 3.30. The van der Waals surface area contributed by atoms with Crippen LogP contribution in [0.15, 0.2) is 54.6 Å². The number of halogens is 1. The van der Waals surface area contributed by atoms with E-state index < -0.39 is 0 Å². The minimum absolute atomic E-state index is 0.0998. The highest BCUT2D eigenvalue weighted by molar-refractivity contribution is 7.17. The van der Waals surface area contributed by atoms with Crippen LogP contribution in [0.25, 0.3) is 4.96 Å². The number of morpholine rings is 1. The van der Waals surface area contributed by atoms with Crippen LogP contribution in [0.4, 0.5) is 0 Å². The van der Waals surface area contributed by atoms with Crippen molar-refractivity contribution in [3.63, 3.8) is 0 Å². The molecule has 30 heavy (non-hydrogen) atoms. The average molecular weight is 441 g/mol. The van der Waals surface area contributed by atoms with Crippen LogP contribution in [-0.2, 0) is 11.2 Å². The number of thiazole rings is 1.